The number of phenolic OH excluding ortho intramolecular Hbond substituents is 1. The van der Waals surface area contributed by atoms with Crippen LogP contribution in [0, 0.1) is 0 Å². The third-order valence-corrected chi connectivity index (χ3v) is 7.50. The van der Waals surface area contributed by atoms with Gasteiger partial charge in [-0.1, -0.05) is 26.2 Å². The second-order valence-corrected chi connectivity index (χ2v) is 9.67. The van der Waals surface area contributed by atoms with Crippen molar-refractivity contribution in [3.8, 4) is 17.1 Å². The van der Waals surface area contributed by atoms with Gasteiger partial charge >= 0.3 is 5.63 Å². The van der Waals surface area contributed by atoms with Crippen LogP contribution in [0.5, 0.6) is 5.75 Å². The Hall–Kier alpha value is -2.93. The van der Waals surface area contributed by atoms with Crippen LogP contribution in [0.3, 0.4) is 0 Å². The number of nitrogens with zero attached hydrogens (tertiary/aromatic N) is 1. The van der Waals surface area contributed by atoms with Crippen molar-refractivity contribution in [1.29, 1.82) is 0 Å². The van der Waals surface area contributed by atoms with Gasteiger partial charge in [-0.15, -0.1) is 11.3 Å². The van der Waals surface area contributed by atoms with Gasteiger partial charge in [0.2, 0.25) is 0 Å². The van der Waals surface area contributed by atoms with E-state index in [1.165, 1.54) is 17.4 Å². The van der Waals surface area contributed by atoms with E-state index in [1.54, 1.807) is 17.4 Å². The Kier molecular flexibility index (Phi) is 5.59. The Morgan fingerprint density at radius 2 is 1.97 bits per heavy atom. The number of phenols is 1. The standard InChI is InChI=1S/C25H26N2O4S/c1-2-3-4-5-8-14-11-15-12-17(25(30)31-19(15)13-18(14)28)22-26-23(29)21-16-9-6-7-10-20(16)32-24(21)27-22/h11-13,28H,2-10H2,1H3,(H,26,27,29). The predicted octanol–water partition coefficient (Wildman–Crippen LogP) is 5.47. The molecule has 2 N–H and O–H groups in total. The van der Waals surface area contributed by atoms with Gasteiger partial charge < -0.3 is 14.5 Å². The Bertz CT molecular complexity index is 1430. The zero-order chi connectivity index (χ0) is 22.2. The van der Waals surface area contributed by atoms with Crippen LogP contribution >= 0.6 is 11.3 Å². The quantitative estimate of drug-likeness (QED) is 0.300. The summed E-state index contributed by atoms with van der Waals surface area (Å²) in [6.45, 7) is 2.16. The molecular formula is C25H26N2O4S. The molecule has 32 heavy (non-hydrogen) atoms. The molecule has 1 aromatic carbocycles. The lowest BCUT2D eigenvalue weighted by molar-refractivity contribution is 0.464. The van der Waals surface area contributed by atoms with Crippen molar-refractivity contribution in [3.63, 3.8) is 0 Å². The lowest BCUT2D eigenvalue weighted by atomic mass is 9.97. The highest BCUT2D eigenvalue weighted by Crippen LogP contribution is 2.34. The Balaban J connectivity index is 1.58. The van der Waals surface area contributed by atoms with Crippen molar-refractivity contribution in [3.05, 3.63) is 55.0 Å². The molecule has 0 spiro atoms. The van der Waals surface area contributed by atoms with E-state index in [2.05, 4.69) is 16.9 Å². The zero-order valence-electron chi connectivity index (χ0n) is 18.1. The van der Waals surface area contributed by atoms with Crippen molar-refractivity contribution in [2.75, 3.05) is 0 Å². The number of aromatic amines is 1. The molecule has 1 aliphatic carbocycles. The summed E-state index contributed by atoms with van der Waals surface area (Å²) in [5.41, 5.74) is 1.71. The number of thiophene rings is 1. The van der Waals surface area contributed by atoms with E-state index in [-0.39, 0.29) is 22.7 Å². The zero-order valence-corrected chi connectivity index (χ0v) is 18.9. The smallest absolute Gasteiger partial charge is 0.347 e. The number of H-pyrrole nitrogens is 1. The number of rotatable bonds is 6. The first-order valence-electron chi connectivity index (χ1n) is 11.4. The number of benzene rings is 1. The molecule has 0 amide bonds. The van der Waals surface area contributed by atoms with Crippen LogP contribution in [-0.4, -0.2) is 15.1 Å². The first-order valence-corrected chi connectivity index (χ1v) is 12.2. The highest BCUT2D eigenvalue weighted by atomic mass is 32.1. The summed E-state index contributed by atoms with van der Waals surface area (Å²) in [5, 5.41) is 11.7. The molecule has 1 aliphatic rings. The minimum absolute atomic E-state index is 0.141. The molecule has 3 aromatic heterocycles. The van der Waals surface area contributed by atoms with Crippen molar-refractivity contribution >= 4 is 32.5 Å². The van der Waals surface area contributed by atoms with E-state index in [1.807, 2.05) is 6.07 Å². The van der Waals surface area contributed by atoms with Crippen molar-refractivity contribution in [1.82, 2.24) is 9.97 Å². The second kappa shape index (κ2) is 8.54. The molecule has 6 nitrogen and oxygen atoms in total. The van der Waals surface area contributed by atoms with Crippen LogP contribution in [0.2, 0.25) is 0 Å². The Morgan fingerprint density at radius 3 is 2.81 bits per heavy atom. The molecule has 0 fully saturated rings. The maximum absolute atomic E-state index is 12.9. The number of aromatic hydroxyl groups is 1. The third kappa shape index (κ3) is 3.75. The number of hydrogen-bond donors (Lipinski definition) is 2. The van der Waals surface area contributed by atoms with Gasteiger partial charge in [-0.05, 0) is 61.8 Å². The van der Waals surface area contributed by atoms with Crippen LogP contribution in [0.4, 0.5) is 0 Å². The lowest BCUT2D eigenvalue weighted by Crippen LogP contribution is -2.14. The first kappa shape index (κ1) is 20.9. The second-order valence-electron chi connectivity index (χ2n) is 8.58. The fraction of sp³-hybridized carbons (Fsp3) is 0.400. The fourth-order valence-corrected chi connectivity index (χ4v) is 5.86. The molecule has 0 bridgehead atoms. The van der Waals surface area contributed by atoms with Crippen molar-refractivity contribution < 1.29 is 9.52 Å². The summed E-state index contributed by atoms with van der Waals surface area (Å²) in [5.74, 6) is 0.372. The van der Waals surface area contributed by atoms with Gasteiger partial charge in [-0.25, -0.2) is 9.78 Å². The molecule has 7 heteroatoms. The van der Waals surface area contributed by atoms with E-state index in [0.29, 0.717) is 21.2 Å². The maximum atomic E-state index is 12.9. The van der Waals surface area contributed by atoms with Gasteiger partial charge in [-0.2, -0.15) is 0 Å². The van der Waals surface area contributed by atoms with E-state index in [0.717, 1.165) is 62.5 Å². The van der Waals surface area contributed by atoms with E-state index < -0.39 is 5.63 Å². The van der Waals surface area contributed by atoms with Crippen molar-refractivity contribution in [2.45, 2.75) is 64.7 Å². The van der Waals surface area contributed by atoms with Crippen LogP contribution in [0.15, 0.2) is 32.2 Å². The summed E-state index contributed by atoms with van der Waals surface area (Å²) >= 11 is 1.55. The summed E-state index contributed by atoms with van der Waals surface area (Å²) < 4.78 is 5.49. The third-order valence-electron chi connectivity index (χ3n) is 6.31. The summed E-state index contributed by atoms with van der Waals surface area (Å²) in [4.78, 5) is 35.0. The highest BCUT2D eigenvalue weighted by Gasteiger charge is 2.21. The molecule has 4 aromatic rings. The normalized spacial score (nSPS) is 13.7. The number of hydrogen-bond acceptors (Lipinski definition) is 6. The van der Waals surface area contributed by atoms with Gasteiger partial charge in [0.15, 0.2) is 0 Å². The SMILES string of the molecule is CCCCCCc1cc2cc(-c3nc4sc5c(c4c(=O)[nH]3)CCCC5)c(=O)oc2cc1O. The molecule has 3 heterocycles. The molecule has 166 valence electrons. The average molecular weight is 451 g/mol. The number of unbranched alkanes of at least 4 members (excludes halogenated alkanes) is 3. The molecule has 0 saturated heterocycles. The van der Waals surface area contributed by atoms with Gasteiger partial charge in [0.25, 0.3) is 5.56 Å². The lowest BCUT2D eigenvalue weighted by Gasteiger charge is -2.09. The van der Waals surface area contributed by atoms with Crippen LogP contribution < -0.4 is 11.2 Å². The molecular weight excluding hydrogens is 424 g/mol. The molecule has 0 unspecified atom stereocenters. The molecule has 0 atom stereocenters. The van der Waals surface area contributed by atoms with E-state index in [9.17, 15) is 14.7 Å². The number of aromatic nitrogens is 2. The highest BCUT2D eigenvalue weighted by molar-refractivity contribution is 7.18. The summed E-state index contributed by atoms with van der Waals surface area (Å²) in [6.07, 6.45) is 9.29. The fourth-order valence-electron chi connectivity index (χ4n) is 4.60. The average Bonchev–Trinajstić information content (AvgIpc) is 3.15. The molecule has 0 aliphatic heterocycles. The van der Waals surface area contributed by atoms with E-state index >= 15 is 0 Å². The van der Waals surface area contributed by atoms with Gasteiger partial charge in [0, 0.05) is 16.3 Å². The van der Waals surface area contributed by atoms with Gasteiger partial charge in [0.1, 0.15) is 27.6 Å². The molecule has 0 saturated carbocycles. The van der Waals surface area contributed by atoms with Crippen molar-refractivity contribution in [2.24, 2.45) is 0 Å². The van der Waals surface area contributed by atoms with Crippen LogP contribution in [-0.2, 0) is 19.3 Å². The minimum atomic E-state index is -0.587. The van der Waals surface area contributed by atoms with E-state index in [4.69, 9.17) is 4.42 Å². The number of nitrogens with one attached hydrogen (secondary N) is 1. The molecule has 5 rings (SSSR count). The summed E-state index contributed by atoms with van der Waals surface area (Å²) in [6, 6.07) is 5.07. The largest absolute Gasteiger partial charge is 0.508 e. The monoisotopic (exact) mass is 450 g/mol. The molecule has 0 radical (unpaired) electrons. The van der Waals surface area contributed by atoms with Gasteiger partial charge in [0.05, 0.1) is 5.39 Å². The Morgan fingerprint density at radius 1 is 1.12 bits per heavy atom. The minimum Gasteiger partial charge on any atom is -0.508 e. The Labute approximate surface area is 188 Å². The summed E-state index contributed by atoms with van der Waals surface area (Å²) in [7, 11) is 0. The van der Waals surface area contributed by atoms with Gasteiger partial charge in [-0.3, -0.25) is 4.79 Å². The predicted molar refractivity (Wildman–Crippen MR) is 128 cm³/mol. The maximum Gasteiger partial charge on any atom is 0.347 e. The van der Waals surface area contributed by atoms with Crippen LogP contribution in [0.1, 0.15) is 61.5 Å². The van der Waals surface area contributed by atoms with Crippen LogP contribution in [0.25, 0.3) is 32.6 Å². The number of fused-ring (bicyclic) bond motifs is 4. The first-order chi connectivity index (χ1) is 15.5. The topological polar surface area (TPSA) is 96.2 Å². The number of aryl methyl sites for hydroxylation is 3.